The van der Waals surface area contributed by atoms with E-state index in [9.17, 15) is 4.79 Å². The summed E-state index contributed by atoms with van der Waals surface area (Å²) in [5, 5.41) is 2.68. The Labute approximate surface area is 83.7 Å². The minimum absolute atomic E-state index is 0. The molecule has 0 fully saturated rings. The van der Waals surface area contributed by atoms with Gasteiger partial charge in [0.25, 0.3) is 0 Å². The van der Waals surface area contributed by atoms with Gasteiger partial charge >= 0.3 is 0 Å². The molecule has 0 unspecified atom stereocenters. The number of benzene rings is 1. The van der Waals surface area contributed by atoms with Gasteiger partial charge in [0.1, 0.15) is 0 Å². The lowest BCUT2D eigenvalue weighted by Crippen LogP contribution is -2.19. The van der Waals surface area contributed by atoms with E-state index < -0.39 is 0 Å². The Morgan fingerprint density at radius 3 is 2.62 bits per heavy atom. The summed E-state index contributed by atoms with van der Waals surface area (Å²) in [5.41, 5.74) is 7.32. The molecule has 0 saturated heterocycles. The van der Waals surface area contributed by atoms with Crippen molar-refractivity contribution < 1.29 is 4.79 Å². The van der Waals surface area contributed by atoms with Crippen molar-refractivity contribution in [1.82, 2.24) is 5.32 Å². The molecule has 0 radical (unpaired) electrons. The maximum atomic E-state index is 10.6. The van der Waals surface area contributed by atoms with Crippen LogP contribution in [0.2, 0.25) is 0 Å². The molecule has 0 aliphatic carbocycles. The first-order chi connectivity index (χ1) is 5.70. The fourth-order valence-corrected chi connectivity index (χ4v) is 0.915. The van der Waals surface area contributed by atoms with Crippen LogP contribution < -0.4 is 11.1 Å². The average molecular weight is 201 g/mol. The first kappa shape index (κ1) is 11.8. The number of nitrogens with two attached hydrogens (primary N) is 1. The lowest BCUT2D eigenvalue weighted by Gasteiger charge is -2.04. The first-order valence-corrected chi connectivity index (χ1v) is 3.78. The van der Waals surface area contributed by atoms with Crippen molar-refractivity contribution in [3.8, 4) is 0 Å². The third-order valence-corrected chi connectivity index (χ3v) is 1.58. The number of rotatable bonds is 2. The maximum Gasteiger partial charge on any atom is 0.217 e. The smallest absolute Gasteiger partial charge is 0.217 e. The van der Waals surface area contributed by atoms with Gasteiger partial charge in [-0.1, -0.05) is 18.2 Å². The molecule has 0 aliphatic heterocycles. The van der Waals surface area contributed by atoms with Crippen molar-refractivity contribution in [3.05, 3.63) is 29.8 Å². The van der Waals surface area contributed by atoms with Crippen molar-refractivity contribution in [2.24, 2.45) is 0 Å². The highest BCUT2D eigenvalue weighted by atomic mass is 35.5. The Bertz CT molecular complexity index is 289. The van der Waals surface area contributed by atoms with E-state index in [2.05, 4.69) is 5.32 Å². The largest absolute Gasteiger partial charge is 0.398 e. The van der Waals surface area contributed by atoms with Crippen molar-refractivity contribution in [2.45, 2.75) is 13.5 Å². The Hall–Kier alpha value is -1.22. The van der Waals surface area contributed by atoms with Crippen molar-refractivity contribution in [3.63, 3.8) is 0 Å². The molecule has 1 rings (SSSR count). The van der Waals surface area contributed by atoms with Gasteiger partial charge in [-0.05, 0) is 11.6 Å². The molecular formula is C9H13ClN2O. The second kappa shape index (κ2) is 5.43. The van der Waals surface area contributed by atoms with Crippen molar-refractivity contribution in [2.75, 3.05) is 5.73 Å². The Balaban J connectivity index is 0.00000144. The van der Waals surface area contributed by atoms with Gasteiger partial charge in [0, 0.05) is 19.2 Å². The number of nitrogen functional groups attached to an aromatic ring is 1. The normalized spacial score (nSPS) is 8.69. The minimum Gasteiger partial charge on any atom is -0.398 e. The van der Waals surface area contributed by atoms with Crippen LogP contribution in [0.4, 0.5) is 5.69 Å². The zero-order valence-electron chi connectivity index (χ0n) is 7.41. The molecule has 1 aromatic carbocycles. The van der Waals surface area contributed by atoms with Gasteiger partial charge in [-0.25, -0.2) is 0 Å². The van der Waals surface area contributed by atoms with Gasteiger partial charge in [-0.2, -0.15) is 0 Å². The minimum atomic E-state index is -0.0433. The Morgan fingerprint density at radius 1 is 1.46 bits per heavy atom. The SMILES string of the molecule is CC(=O)NCc1ccccc1N.Cl. The van der Waals surface area contributed by atoms with E-state index in [0.717, 1.165) is 5.56 Å². The lowest BCUT2D eigenvalue weighted by atomic mass is 10.2. The topological polar surface area (TPSA) is 55.1 Å². The van der Waals surface area contributed by atoms with E-state index >= 15 is 0 Å². The maximum absolute atomic E-state index is 10.6. The highest BCUT2D eigenvalue weighted by molar-refractivity contribution is 5.85. The van der Waals surface area contributed by atoms with Crippen LogP contribution >= 0.6 is 12.4 Å². The van der Waals surface area contributed by atoms with Crippen LogP contribution in [0.5, 0.6) is 0 Å². The zero-order chi connectivity index (χ0) is 8.97. The van der Waals surface area contributed by atoms with Gasteiger partial charge in [-0.3, -0.25) is 4.79 Å². The molecule has 0 bridgehead atoms. The molecule has 13 heavy (non-hydrogen) atoms. The Kier molecular flexibility index (Phi) is 4.92. The van der Waals surface area contributed by atoms with E-state index in [1.54, 1.807) is 0 Å². The summed E-state index contributed by atoms with van der Waals surface area (Å²) in [4.78, 5) is 10.6. The lowest BCUT2D eigenvalue weighted by molar-refractivity contribution is -0.119. The molecule has 0 saturated carbocycles. The van der Waals surface area contributed by atoms with Crippen LogP contribution in [0.3, 0.4) is 0 Å². The fourth-order valence-electron chi connectivity index (χ4n) is 0.915. The highest BCUT2D eigenvalue weighted by Crippen LogP contribution is 2.09. The second-order valence-corrected chi connectivity index (χ2v) is 2.61. The molecule has 1 amide bonds. The molecule has 3 N–H and O–H groups in total. The highest BCUT2D eigenvalue weighted by Gasteiger charge is 1.97. The molecular weight excluding hydrogens is 188 g/mol. The van der Waals surface area contributed by atoms with E-state index in [1.165, 1.54) is 6.92 Å². The van der Waals surface area contributed by atoms with Crippen LogP contribution in [0, 0.1) is 0 Å². The average Bonchev–Trinajstić information content (AvgIpc) is 2.03. The summed E-state index contributed by atoms with van der Waals surface area (Å²) in [6.07, 6.45) is 0. The van der Waals surface area contributed by atoms with Crippen molar-refractivity contribution >= 4 is 24.0 Å². The van der Waals surface area contributed by atoms with E-state index in [4.69, 9.17) is 5.73 Å². The predicted molar refractivity (Wildman–Crippen MR) is 55.6 cm³/mol. The number of nitrogens with one attached hydrogen (secondary N) is 1. The van der Waals surface area contributed by atoms with Crippen LogP contribution in [-0.4, -0.2) is 5.91 Å². The first-order valence-electron chi connectivity index (χ1n) is 3.78. The summed E-state index contributed by atoms with van der Waals surface area (Å²) < 4.78 is 0. The molecule has 4 heteroatoms. The summed E-state index contributed by atoms with van der Waals surface area (Å²) in [7, 11) is 0. The molecule has 0 heterocycles. The summed E-state index contributed by atoms with van der Waals surface area (Å²) >= 11 is 0. The molecule has 0 spiro atoms. The third kappa shape index (κ3) is 3.80. The van der Waals surface area contributed by atoms with Gasteiger partial charge < -0.3 is 11.1 Å². The summed E-state index contributed by atoms with van der Waals surface area (Å²) in [6, 6.07) is 7.47. The van der Waals surface area contributed by atoms with Crippen LogP contribution in [0.15, 0.2) is 24.3 Å². The number of amides is 1. The second-order valence-electron chi connectivity index (χ2n) is 2.61. The molecule has 0 atom stereocenters. The number of anilines is 1. The van der Waals surface area contributed by atoms with Gasteiger partial charge in [0.15, 0.2) is 0 Å². The van der Waals surface area contributed by atoms with Crippen LogP contribution in [0.25, 0.3) is 0 Å². The standard InChI is InChI=1S/C9H12N2O.ClH/c1-7(12)11-6-8-4-2-3-5-9(8)10;/h2-5H,6,10H2,1H3,(H,11,12);1H. The van der Waals surface area contributed by atoms with Gasteiger partial charge in [0.05, 0.1) is 0 Å². The third-order valence-electron chi connectivity index (χ3n) is 1.58. The van der Waals surface area contributed by atoms with E-state index in [-0.39, 0.29) is 18.3 Å². The quantitative estimate of drug-likeness (QED) is 0.708. The number of hydrogen-bond acceptors (Lipinski definition) is 2. The monoisotopic (exact) mass is 200 g/mol. The number of halogens is 1. The van der Waals surface area contributed by atoms with Crippen molar-refractivity contribution in [1.29, 1.82) is 0 Å². The van der Waals surface area contributed by atoms with E-state index in [0.29, 0.717) is 12.2 Å². The van der Waals surface area contributed by atoms with Crippen LogP contribution in [-0.2, 0) is 11.3 Å². The molecule has 0 aromatic heterocycles. The molecule has 0 aliphatic rings. The van der Waals surface area contributed by atoms with Crippen LogP contribution in [0.1, 0.15) is 12.5 Å². The molecule has 1 aromatic rings. The number of hydrogen-bond donors (Lipinski definition) is 2. The Morgan fingerprint density at radius 2 is 2.08 bits per heavy atom. The molecule has 72 valence electrons. The zero-order valence-corrected chi connectivity index (χ0v) is 8.23. The number of carbonyl (C=O) groups excluding carboxylic acids is 1. The summed E-state index contributed by atoms with van der Waals surface area (Å²) in [6.45, 7) is 1.99. The van der Waals surface area contributed by atoms with Gasteiger partial charge in [0.2, 0.25) is 5.91 Å². The summed E-state index contributed by atoms with van der Waals surface area (Å²) in [5.74, 6) is -0.0433. The fraction of sp³-hybridized carbons (Fsp3) is 0.222. The molecule has 3 nitrogen and oxygen atoms in total. The predicted octanol–water partition coefficient (Wildman–Crippen LogP) is 1.33. The number of carbonyl (C=O) groups is 1. The van der Waals surface area contributed by atoms with Gasteiger partial charge in [-0.15, -0.1) is 12.4 Å². The number of para-hydroxylation sites is 1. The van der Waals surface area contributed by atoms with E-state index in [1.807, 2.05) is 24.3 Å².